The van der Waals surface area contributed by atoms with Crippen LogP contribution in [0.4, 0.5) is 0 Å². The van der Waals surface area contributed by atoms with Gasteiger partial charge in [0.2, 0.25) is 5.91 Å². The van der Waals surface area contributed by atoms with Gasteiger partial charge in [0.1, 0.15) is 11.7 Å². The number of rotatable bonds is 5. The summed E-state index contributed by atoms with van der Waals surface area (Å²) in [4.78, 5) is 12.0. The van der Waals surface area contributed by atoms with Crippen LogP contribution in [0, 0.1) is 0 Å². The lowest BCUT2D eigenvalue weighted by Crippen LogP contribution is -2.31. The van der Waals surface area contributed by atoms with Crippen LogP contribution in [0.15, 0.2) is 23.1 Å². The Morgan fingerprint density at radius 1 is 1.55 bits per heavy atom. The van der Waals surface area contributed by atoms with Gasteiger partial charge in [-0.3, -0.25) is 14.2 Å². The van der Waals surface area contributed by atoms with Gasteiger partial charge in [0.25, 0.3) is 0 Å². The van der Waals surface area contributed by atoms with E-state index in [2.05, 4.69) is 31.4 Å². The van der Waals surface area contributed by atoms with Crippen molar-refractivity contribution in [1.29, 1.82) is 0 Å². The third-order valence-electron chi connectivity index (χ3n) is 2.89. The average Bonchev–Trinajstić information content (AvgIpc) is 3.01. The number of amides is 1. The second kappa shape index (κ2) is 6.41. The highest BCUT2D eigenvalue weighted by molar-refractivity contribution is 9.10. The first kappa shape index (κ1) is 15.1. The van der Waals surface area contributed by atoms with Gasteiger partial charge in [0.15, 0.2) is 0 Å². The molecule has 0 aliphatic heterocycles. The van der Waals surface area contributed by atoms with Gasteiger partial charge in [-0.1, -0.05) is 11.6 Å². The number of aromatic nitrogens is 4. The van der Waals surface area contributed by atoms with Crippen molar-refractivity contribution in [2.24, 2.45) is 0 Å². The Labute approximate surface area is 130 Å². The lowest BCUT2D eigenvalue weighted by molar-refractivity contribution is -0.124. The van der Waals surface area contributed by atoms with Crippen molar-refractivity contribution in [3.63, 3.8) is 0 Å². The maximum atomic E-state index is 12.0. The smallest absolute Gasteiger partial charge is 0.244 e. The highest BCUT2D eigenvalue weighted by Crippen LogP contribution is 2.15. The van der Waals surface area contributed by atoms with Crippen molar-refractivity contribution in [3.8, 4) is 0 Å². The SMILES string of the molecule is CCn1cc(Cl)c(CNC(=O)C(C)n2cc(Br)cn2)n1. The minimum atomic E-state index is -0.395. The van der Waals surface area contributed by atoms with Crippen LogP contribution < -0.4 is 5.32 Å². The molecule has 0 aromatic carbocycles. The lowest BCUT2D eigenvalue weighted by Gasteiger charge is -2.11. The van der Waals surface area contributed by atoms with Gasteiger partial charge in [-0.15, -0.1) is 0 Å². The third kappa shape index (κ3) is 3.40. The highest BCUT2D eigenvalue weighted by Gasteiger charge is 2.16. The first-order chi connectivity index (χ1) is 9.51. The topological polar surface area (TPSA) is 64.7 Å². The Balaban J connectivity index is 1.96. The number of aryl methyl sites for hydroxylation is 1. The molecule has 108 valence electrons. The minimum Gasteiger partial charge on any atom is -0.348 e. The molecule has 8 heteroatoms. The number of nitrogens with one attached hydrogen (secondary N) is 1. The molecular formula is C12H15BrClN5O. The molecule has 2 heterocycles. The van der Waals surface area contributed by atoms with Crippen molar-refractivity contribution in [2.45, 2.75) is 33.0 Å². The molecule has 6 nitrogen and oxygen atoms in total. The lowest BCUT2D eigenvalue weighted by atomic mass is 10.3. The highest BCUT2D eigenvalue weighted by atomic mass is 79.9. The van der Waals surface area contributed by atoms with Crippen molar-refractivity contribution in [2.75, 3.05) is 0 Å². The van der Waals surface area contributed by atoms with Crippen LogP contribution in [0.25, 0.3) is 0 Å². The normalized spacial score (nSPS) is 12.4. The van der Waals surface area contributed by atoms with Crippen LogP contribution in [0.1, 0.15) is 25.6 Å². The zero-order valence-corrected chi connectivity index (χ0v) is 13.5. The van der Waals surface area contributed by atoms with Gasteiger partial charge < -0.3 is 5.32 Å². The Kier molecular flexibility index (Phi) is 4.82. The molecule has 0 radical (unpaired) electrons. The Morgan fingerprint density at radius 3 is 2.85 bits per heavy atom. The van der Waals surface area contributed by atoms with E-state index in [4.69, 9.17) is 11.6 Å². The zero-order chi connectivity index (χ0) is 14.7. The first-order valence-electron chi connectivity index (χ1n) is 6.20. The molecule has 2 aromatic rings. The van der Waals surface area contributed by atoms with Gasteiger partial charge in [0, 0.05) is 18.9 Å². The molecule has 2 aromatic heterocycles. The summed E-state index contributed by atoms with van der Waals surface area (Å²) in [5.41, 5.74) is 0.663. The summed E-state index contributed by atoms with van der Waals surface area (Å²) in [6, 6.07) is -0.395. The number of halogens is 2. The van der Waals surface area contributed by atoms with E-state index >= 15 is 0 Å². The Bertz CT molecular complexity index is 609. The number of hydrogen-bond donors (Lipinski definition) is 1. The molecule has 0 saturated carbocycles. The van der Waals surface area contributed by atoms with Crippen molar-refractivity contribution in [3.05, 3.63) is 33.8 Å². The number of nitrogens with zero attached hydrogens (tertiary/aromatic N) is 4. The molecule has 0 bridgehead atoms. The molecule has 1 atom stereocenters. The fourth-order valence-corrected chi connectivity index (χ4v) is 2.20. The second-order valence-corrected chi connectivity index (χ2v) is 5.63. The maximum Gasteiger partial charge on any atom is 0.244 e. The van der Waals surface area contributed by atoms with Crippen LogP contribution >= 0.6 is 27.5 Å². The van der Waals surface area contributed by atoms with Crippen LogP contribution in [0.2, 0.25) is 5.02 Å². The molecule has 20 heavy (non-hydrogen) atoms. The van der Waals surface area contributed by atoms with Gasteiger partial charge in [0.05, 0.1) is 22.2 Å². The number of carbonyl (C=O) groups is 1. The van der Waals surface area contributed by atoms with Crippen LogP contribution in [0.3, 0.4) is 0 Å². The molecular weight excluding hydrogens is 346 g/mol. The van der Waals surface area contributed by atoms with E-state index in [1.807, 2.05) is 6.92 Å². The van der Waals surface area contributed by atoms with E-state index in [1.54, 1.807) is 34.9 Å². The van der Waals surface area contributed by atoms with Crippen molar-refractivity contribution in [1.82, 2.24) is 24.9 Å². The predicted octanol–water partition coefficient (Wildman–Crippen LogP) is 2.39. The van der Waals surface area contributed by atoms with Crippen LogP contribution in [-0.2, 0) is 17.9 Å². The van der Waals surface area contributed by atoms with E-state index in [9.17, 15) is 4.79 Å². The maximum absolute atomic E-state index is 12.0. The Morgan fingerprint density at radius 2 is 2.30 bits per heavy atom. The molecule has 1 N–H and O–H groups in total. The molecule has 0 aliphatic carbocycles. The fraction of sp³-hybridized carbons (Fsp3) is 0.417. The van der Waals surface area contributed by atoms with Gasteiger partial charge in [-0.05, 0) is 29.8 Å². The van der Waals surface area contributed by atoms with Gasteiger partial charge >= 0.3 is 0 Å². The number of carbonyl (C=O) groups excluding carboxylic acids is 1. The molecule has 0 fully saturated rings. The molecule has 1 unspecified atom stereocenters. The van der Waals surface area contributed by atoms with E-state index in [-0.39, 0.29) is 5.91 Å². The first-order valence-corrected chi connectivity index (χ1v) is 7.37. The van der Waals surface area contributed by atoms with Crippen LogP contribution in [-0.4, -0.2) is 25.5 Å². The standard InChI is InChI=1S/C12H15BrClN5O/c1-3-18-7-10(14)11(17-18)5-15-12(20)8(2)19-6-9(13)4-16-19/h4,6-8H,3,5H2,1-2H3,(H,15,20). The summed E-state index contributed by atoms with van der Waals surface area (Å²) < 4.78 is 4.16. The molecule has 1 amide bonds. The van der Waals surface area contributed by atoms with E-state index in [0.29, 0.717) is 17.3 Å². The van der Waals surface area contributed by atoms with E-state index < -0.39 is 6.04 Å². The fourth-order valence-electron chi connectivity index (χ4n) is 1.68. The quantitative estimate of drug-likeness (QED) is 0.890. The Hall–Kier alpha value is -1.34. The van der Waals surface area contributed by atoms with Gasteiger partial charge in [-0.25, -0.2) is 0 Å². The molecule has 0 spiro atoms. The largest absolute Gasteiger partial charge is 0.348 e. The molecule has 0 aliphatic rings. The van der Waals surface area contributed by atoms with Crippen molar-refractivity contribution >= 4 is 33.4 Å². The molecule has 0 saturated heterocycles. The summed E-state index contributed by atoms with van der Waals surface area (Å²) >= 11 is 9.35. The number of hydrogen-bond acceptors (Lipinski definition) is 3. The van der Waals surface area contributed by atoms with E-state index in [0.717, 1.165) is 11.0 Å². The van der Waals surface area contributed by atoms with E-state index in [1.165, 1.54) is 0 Å². The summed E-state index contributed by atoms with van der Waals surface area (Å²) in [6.45, 7) is 4.80. The average molecular weight is 361 g/mol. The summed E-state index contributed by atoms with van der Waals surface area (Å²) in [5, 5.41) is 11.7. The summed E-state index contributed by atoms with van der Waals surface area (Å²) in [7, 11) is 0. The molecule has 2 rings (SSSR count). The van der Waals surface area contributed by atoms with Crippen LogP contribution in [0.5, 0.6) is 0 Å². The summed E-state index contributed by atoms with van der Waals surface area (Å²) in [5.74, 6) is -0.136. The summed E-state index contributed by atoms with van der Waals surface area (Å²) in [6.07, 6.45) is 5.14. The zero-order valence-electron chi connectivity index (χ0n) is 11.2. The minimum absolute atomic E-state index is 0.136. The third-order valence-corrected chi connectivity index (χ3v) is 3.61. The second-order valence-electron chi connectivity index (χ2n) is 4.31. The van der Waals surface area contributed by atoms with Crippen molar-refractivity contribution < 1.29 is 4.79 Å². The van der Waals surface area contributed by atoms with Gasteiger partial charge in [-0.2, -0.15) is 10.2 Å². The monoisotopic (exact) mass is 359 g/mol. The predicted molar refractivity (Wildman–Crippen MR) is 79.4 cm³/mol.